The number of allylic oxidation sites excluding steroid dienone is 2. The molecule has 0 radical (unpaired) electrons. The number of nitrogens with one attached hydrogen (secondary N) is 2. The highest BCUT2D eigenvalue weighted by Gasteiger charge is 2.14. The molecule has 0 aromatic rings. The smallest absolute Gasteiger partial charge is 0.163 e. The van der Waals surface area contributed by atoms with Gasteiger partial charge in [-0.2, -0.15) is 5.10 Å². The highest BCUT2D eigenvalue weighted by atomic mass is 35.5. The summed E-state index contributed by atoms with van der Waals surface area (Å²) in [6, 6.07) is 0.293. The van der Waals surface area contributed by atoms with E-state index in [2.05, 4.69) is 15.7 Å². The van der Waals surface area contributed by atoms with Crippen molar-refractivity contribution in [3.05, 3.63) is 10.7 Å². The lowest BCUT2D eigenvalue weighted by Gasteiger charge is -2.25. The van der Waals surface area contributed by atoms with Crippen molar-refractivity contribution in [1.29, 1.82) is 0 Å². The Kier molecular flexibility index (Phi) is 6.00. The van der Waals surface area contributed by atoms with E-state index in [1.165, 1.54) is 0 Å². The third-order valence-electron chi connectivity index (χ3n) is 2.44. The second-order valence-corrected chi connectivity index (χ2v) is 4.57. The van der Waals surface area contributed by atoms with Crippen molar-refractivity contribution >= 4 is 24.1 Å². The van der Waals surface area contributed by atoms with Crippen LogP contribution in [0.15, 0.2) is 15.8 Å². The fourth-order valence-electron chi connectivity index (χ4n) is 1.60. The van der Waals surface area contributed by atoms with Gasteiger partial charge < -0.3 is 15.6 Å². The average Bonchev–Trinajstić information content (AvgIpc) is 2.34. The van der Waals surface area contributed by atoms with Crippen LogP contribution in [0, 0.1) is 0 Å². The molecule has 2 N–H and O–H groups in total. The molecule has 6 heteroatoms. The minimum Gasteiger partial charge on any atom is -0.378 e. The van der Waals surface area contributed by atoms with Gasteiger partial charge in [-0.25, -0.2) is 0 Å². The Labute approximate surface area is 107 Å². The zero-order valence-electron chi connectivity index (χ0n) is 10.2. The maximum Gasteiger partial charge on any atom is 0.163 e. The third-order valence-corrected chi connectivity index (χ3v) is 2.73. The van der Waals surface area contributed by atoms with Gasteiger partial charge in [0, 0.05) is 26.7 Å². The van der Waals surface area contributed by atoms with E-state index in [4.69, 9.17) is 11.6 Å². The minimum atomic E-state index is 0.154. The van der Waals surface area contributed by atoms with Crippen molar-refractivity contribution < 1.29 is 4.79 Å². The molecule has 1 atom stereocenters. The van der Waals surface area contributed by atoms with Crippen LogP contribution in [0.1, 0.15) is 12.8 Å². The molecular weight excluding hydrogens is 240 g/mol. The zero-order chi connectivity index (χ0) is 12.7. The molecule has 0 bridgehead atoms. The summed E-state index contributed by atoms with van der Waals surface area (Å²) < 4.78 is 0. The van der Waals surface area contributed by atoms with Crippen LogP contribution in [-0.2, 0) is 4.79 Å². The molecule has 0 aromatic carbocycles. The topological polar surface area (TPSA) is 56.7 Å². The molecule has 1 saturated heterocycles. The van der Waals surface area contributed by atoms with E-state index in [0.717, 1.165) is 25.9 Å². The van der Waals surface area contributed by atoms with Crippen molar-refractivity contribution in [2.24, 2.45) is 5.10 Å². The van der Waals surface area contributed by atoms with Crippen molar-refractivity contribution in [2.45, 2.75) is 18.9 Å². The van der Waals surface area contributed by atoms with Crippen LogP contribution < -0.4 is 10.6 Å². The molecule has 0 saturated carbocycles. The number of carbonyl (C=O) groups excluding carboxylic acids is 1. The number of rotatable bonds is 5. The number of halogens is 1. The molecule has 1 aliphatic rings. The molecule has 1 fully saturated rings. The number of nitrogens with zero attached hydrogens (tertiary/aromatic N) is 2. The first-order chi connectivity index (χ1) is 8.13. The predicted octanol–water partition coefficient (Wildman–Crippen LogP) is 0.525. The van der Waals surface area contributed by atoms with Crippen LogP contribution in [-0.4, -0.2) is 50.7 Å². The molecule has 0 spiro atoms. The summed E-state index contributed by atoms with van der Waals surface area (Å²) in [5.74, 6) is 0. The Morgan fingerprint density at radius 3 is 2.88 bits per heavy atom. The Balaban J connectivity index is 2.66. The summed E-state index contributed by atoms with van der Waals surface area (Å²) in [6.45, 7) is 1.92. The molecule has 5 nitrogen and oxygen atoms in total. The maximum atomic E-state index is 10.7. The molecule has 96 valence electrons. The van der Waals surface area contributed by atoms with E-state index >= 15 is 0 Å². The molecule has 1 aliphatic heterocycles. The van der Waals surface area contributed by atoms with Crippen LogP contribution in [0.2, 0.25) is 0 Å². The standard InChI is InChI=1S/C11H19ClN4O/c1-16(2)14-7-11(10(12)8-17)15-9-4-3-5-13-6-9/h7-9,13,15H,3-6H2,1-2H3/b11-10-,14-7-. The Bertz CT molecular complexity index is 309. The van der Waals surface area contributed by atoms with E-state index in [1.807, 2.05) is 14.1 Å². The predicted molar refractivity (Wildman–Crippen MR) is 70.1 cm³/mol. The Morgan fingerprint density at radius 2 is 2.35 bits per heavy atom. The first kappa shape index (κ1) is 14.0. The van der Waals surface area contributed by atoms with E-state index in [0.29, 0.717) is 18.0 Å². The Hall–Kier alpha value is -1.07. The third kappa shape index (κ3) is 5.19. The normalized spacial score (nSPS) is 22.2. The van der Waals surface area contributed by atoms with Gasteiger partial charge in [-0.05, 0) is 19.4 Å². The largest absolute Gasteiger partial charge is 0.378 e. The molecule has 0 aliphatic carbocycles. The second kappa shape index (κ2) is 7.29. The fraction of sp³-hybridized carbons (Fsp3) is 0.636. The number of hydrazone groups is 1. The van der Waals surface area contributed by atoms with Gasteiger partial charge in [0.25, 0.3) is 0 Å². The number of piperidine rings is 1. The summed E-state index contributed by atoms with van der Waals surface area (Å²) in [5.41, 5.74) is 0.573. The molecule has 17 heavy (non-hydrogen) atoms. The van der Waals surface area contributed by atoms with Gasteiger partial charge in [0.15, 0.2) is 6.29 Å². The van der Waals surface area contributed by atoms with Gasteiger partial charge in [-0.15, -0.1) is 0 Å². The SMILES string of the molecule is CN(C)/N=C\C(NC1CCCNC1)=C(\Cl)C=O. The lowest BCUT2D eigenvalue weighted by atomic mass is 10.1. The first-order valence-corrected chi connectivity index (χ1v) is 6.04. The zero-order valence-corrected chi connectivity index (χ0v) is 11.0. The van der Waals surface area contributed by atoms with Crippen molar-refractivity contribution in [3.63, 3.8) is 0 Å². The summed E-state index contributed by atoms with van der Waals surface area (Å²) in [4.78, 5) is 10.7. The van der Waals surface area contributed by atoms with Gasteiger partial charge in [0.2, 0.25) is 0 Å². The molecule has 0 aromatic heterocycles. The maximum absolute atomic E-state index is 10.7. The quantitative estimate of drug-likeness (QED) is 0.327. The molecule has 0 amide bonds. The molecular formula is C11H19ClN4O. The van der Waals surface area contributed by atoms with Crippen LogP contribution in [0.3, 0.4) is 0 Å². The number of hydrogen-bond acceptors (Lipinski definition) is 5. The lowest BCUT2D eigenvalue weighted by molar-refractivity contribution is -0.104. The molecule has 1 rings (SSSR count). The average molecular weight is 259 g/mol. The summed E-state index contributed by atoms with van der Waals surface area (Å²) in [7, 11) is 3.62. The molecule has 1 unspecified atom stereocenters. The van der Waals surface area contributed by atoms with Crippen molar-refractivity contribution in [3.8, 4) is 0 Å². The summed E-state index contributed by atoms with van der Waals surface area (Å²) >= 11 is 5.85. The van der Waals surface area contributed by atoms with Crippen LogP contribution in [0.4, 0.5) is 0 Å². The number of carbonyl (C=O) groups is 1. The van der Waals surface area contributed by atoms with Crippen LogP contribution in [0.25, 0.3) is 0 Å². The van der Waals surface area contributed by atoms with Crippen molar-refractivity contribution in [2.75, 3.05) is 27.2 Å². The van der Waals surface area contributed by atoms with E-state index in [1.54, 1.807) is 11.2 Å². The number of aldehydes is 1. The lowest BCUT2D eigenvalue weighted by Crippen LogP contribution is -2.43. The fourth-order valence-corrected chi connectivity index (χ4v) is 1.70. The van der Waals surface area contributed by atoms with Crippen molar-refractivity contribution in [1.82, 2.24) is 15.6 Å². The Morgan fingerprint density at radius 1 is 1.59 bits per heavy atom. The van der Waals surface area contributed by atoms with E-state index in [-0.39, 0.29) is 5.03 Å². The second-order valence-electron chi connectivity index (χ2n) is 4.16. The van der Waals surface area contributed by atoms with Crippen LogP contribution >= 0.6 is 11.6 Å². The van der Waals surface area contributed by atoms with E-state index in [9.17, 15) is 4.79 Å². The van der Waals surface area contributed by atoms with Gasteiger partial charge in [-0.1, -0.05) is 11.6 Å². The van der Waals surface area contributed by atoms with Crippen LogP contribution in [0.5, 0.6) is 0 Å². The van der Waals surface area contributed by atoms with E-state index < -0.39 is 0 Å². The number of hydrogen-bond donors (Lipinski definition) is 2. The highest BCUT2D eigenvalue weighted by Crippen LogP contribution is 2.08. The first-order valence-electron chi connectivity index (χ1n) is 5.67. The minimum absolute atomic E-state index is 0.154. The highest BCUT2D eigenvalue weighted by molar-refractivity contribution is 6.40. The van der Waals surface area contributed by atoms with Gasteiger partial charge >= 0.3 is 0 Å². The van der Waals surface area contributed by atoms with Gasteiger partial charge in [0.05, 0.1) is 11.9 Å². The molecule has 1 heterocycles. The van der Waals surface area contributed by atoms with Gasteiger partial charge in [0.1, 0.15) is 5.03 Å². The monoisotopic (exact) mass is 258 g/mol. The summed E-state index contributed by atoms with van der Waals surface area (Å²) in [6.07, 6.45) is 4.39. The van der Waals surface area contributed by atoms with Gasteiger partial charge in [-0.3, -0.25) is 4.79 Å². The summed E-state index contributed by atoms with van der Waals surface area (Å²) in [5, 5.41) is 12.4.